The van der Waals surface area contributed by atoms with Gasteiger partial charge < -0.3 is 25.2 Å². The first-order chi connectivity index (χ1) is 10.2. The van der Waals surface area contributed by atoms with E-state index in [9.17, 15) is 9.59 Å². The lowest BCUT2D eigenvalue weighted by molar-refractivity contribution is -0.137. The first-order valence-corrected chi connectivity index (χ1v) is 7.65. The van der Waals surface area contributed by atoms with Gasteiger partial charge in [0.15, 0.2) is 0 Å². The minimum absolute atomic E-state index is 0.152. The van der Waals surface area contributed by atoms with Crippen LogP contribution in [0, 0.1) is 0 Å². The molecule has 0 aromatic heterocycles. The van der Waals surface area contributed by atoms with Gasteiger partial charge in [-0.1, -0.05) is 0 Å². The van der Waals surface area contributed by atoms with Crippen molar-refractivity contribution in [1.29, 1.82) is 0 Å². The highest BCUT2D eigenvalue weighted by molar-refractivity contribution is 5.67. The molecule has 0 rings (SSSR count). The second kappa shape index (κ2) is 11.3. The predicted molar refractivity (Wildman–Crippen MR) is 84.0 cm³/mol. The number of hydrogen-bond donors (Lipinski definition) is 3. The third-order valence-corrected chi connectivity index (χ3v) is 2.77. The Bertz CT molecular complexity index is 328. The molecule has 0 aliphatic rings. The largest absolute Gasteiger partial charge is 0.481 e. The zero-order valence-corrected chi connectivity index (χ0v) is 14.1. The van der Waals surface area contributed by atoms with Crippen molar-refractivity contribution in [3.8, 4) is 0 Å². The number of rotatable bonds is 11. The van der Waals surface area contributed by atoms with Crippen molar-refractivity contribution >= 4 is 12.1 Å². The number of nitrogens with one attached hydrogen (secondary N) is 2. The maximum Gasteiger partial charge on any atom is 0.407 e. The Kier molecular flexibility index (Phi) is 10.6. The highest BCUT2D eigenvalue weighted by Gasteiger charge is 2.15. The molecule has 0 bridgehead atoms. The quantitative estimate of drug-likeness (QED) is 0.502. The van der Waals surface area contributed by atoms with E-state index in [0.717, 1.165) is 12.8 Å². The zero-order chi connectivity index (χ0) is 17.0. The molecule has 1 amide bonds. The number of methoxy groups -OCH3 is 1. The second-order valence-corrected chi connectivity index (χ2v) is 6.17. The van der Waals surface area contributed by atoms with Crippen LogP contribution in [-0.4, -0.2) is 55.6 Å². The molecular weight excluding hydrogens is 288 g/mol. The number of carbonyl (C=O) groups excluding carboxylic acids is 1. The molecule has 0 heterocycles. The lowest BCUT2D eigenvalue weighted by Crippen LogP contribution is -2.36. The molecule has 7 heteroatoms. The van der Waals surface area contributed by atoms with Gasteiger partial charge in [0.2, 0.25) is 0 Å². The van der Waals surface area contributed by atoms with Crippen LogP contribution in [0.25, 0.3) is 0 Å². The van der Waals surface area contributed by atoms with Gasteiger partial charge in [-0.05, 0) is 46.6 Å². The minimum atomic E-state index is -0.786. The summed E-state index contributed by atoms with van der Waals surface area (Å²) in [5, 5.41) is 14.6. The van der Waals surface area contributed by atoms with Gasteiger partial charge in [-0.15, -0.1) is 0 Å². The fourth-order valence-electron chi connectivity index (χ4n) is 1.84. The van der Waals surface area contributed by atoms with Gasteiger partial charge in [-0.25, -0.2) is 4.79 Å². The van der Waals surface area contributed by atoms with Crippen molar-refractivity contribution in [2.45, 2.75) is 58.1 Å². The second-order valence-electron chi connectivity index (χ2n) is 6.17. The molecule has 0 spiro atoms. The summed E-state index contributed by atoms with van der Waals surface area (Å²) in [7, 11) is 1.63. The topological polar surface area (TPSA) is 96.9 Å². The fraction of sp³-hybridized carbons (Fsp3) is 0.867. The van der Waals surface area contributed by atoms with E-state index in [-0.39, 0.29) is 12.5 Å². The number of aliphatic carboxylic acids is 1. The number of amides is 1. The summed E-state index contributed by atoms with van der Waals surface area (Å²) in [6.45, 7) is 7.19. The first-order valence-electron chi connectivity index (χ1n) is 7.65. The summed E-state index contributed by atoms with van der Waals surface area (Å²) in [5.74, 6) is -0.786. The molecule has 1 unspecified atom stereocenters. The Morgan fingerprint density at radius 2 is 1.86 bits per heavy atom. The molecular formula is C15H30N2O5. The maximum atomic E-state index is 11.5. The number of carboxylic acids is 1. The Morgan fingerprint density at radius 3 is 2.41 bits per heavy atom. The van der Waals surface area contributed by atoms with Crippen LogP contribution in [0.4, 0.5) is 4.79 Å². The van der Waals surface area contributed by atoms with Crippen molar-refractivity contribution in [3.63, 3.8) is 0 Å². The smallest absolute Gasteiger partial charge is 0.407 e. The maximum absolute atomic E-state index is 11.5. The van der Waals surface area contributed by atoms with Gasteiger partial charge >= 0.3 is 12.1 Å². The number of ether oxygens (including phenoxy) is 2. The number of hydrogen-bond acceptors (Lipinski definition) is 5. The van der Waals surface area contributed by atoms with Crippen LogP contribution in [0.3, 0.4) is 0 Å². The summed E-state index contributed by atoms with van der Waals surface area (Å²) < 4.78 is 10.3. The van der Waals surface area contributed by atoms with E-state index in [4.69, 9.17) is 14.6 Å². The van der Waals surface area contributed by atoms with Crippen LogP contribution in [0.15, 0.2) is 0 Å². The van der Waals surface area contributed by atoms with E-state index in [1.54, 1.807) is 7.11 Å². The predicted octanol–water partition coefficient (Wildman–Crippen LogP) is 1.76. The van der Waals surface area contributed by atoms with Crippen LogP contribution >= 0.6 is 0 Å². The van der Waals surface area contributed by atoms with Crippen LogP contribution in [0.5, 0.6) is 0 Å². The molecule has 0 fully saturated rings. The Morgan fingerprint density at radius 1 is 1.18 bits per heavy atom. The minimum Gasteiger partial charge on any atom is -0.481 e. The highest BCUT2D eigenvalue weighted by atomic mass is 16.6. The fourth-order valence-corrected chi connectivity index (χ4v) is 1.84. The van der Waals surface area contributed by atoms with E-state index in [0.29, 0.717) is 26.1 Å². The zero-order valence-electron chi connectivity index (χ0n) is 14.1. The van der Waals surface area contributed by atoms with E-state index in [1.165, 1.54) is 0 Å². The first kappa shape index (κ1) is 20.7. The third kappa shape index (κ3) is 13.6. The Labute approximate surface area is 132 Å². The lowest BCUT2D eigenvalue weighted by Gasteiger charge is -2.20. The molecule has 0 aromatic rings. The van der Waals surface area contributed by atoms with Gasteiger partial charge in [0.25, 0.3) is 0 Å². The molecule has 0 saturated heterocycles. The monoisotopic (exact) mass is 318 g/mol. The average Bonchev–Trinajstić information content (AvgIpc) is 2.37. The van der Waals surface area contributed by atoms with E-state index in [1.807, 2.05) is 20.8 Å². The standard InChI is InChI=1S/C15H30N2O5/c1-15(2,3)22-14(20)17-10-5-7-12(11-21-4)16-9-6-8-13(18)19/h12,16H,5-11H2,1-4H3,(H,17,20)(H,18,19). The Balaban J connectivity index is 3.81. The van der Waals surface area contributed by atoms with Gasteiger partial charge in [-0.3, -0.25) is 4.79 Å². The number of carboxylic acid groups (broad SMARTS) is 1. The lowest BCUT2D eigenvalue weighted by atomic mass is 10.1. The summed E-state index contributed by atoms with van der Waals surface area (Å²) in [4.78, 5) is 21.9. The Hall–Kier alpha value is -1.34. The van der Waals surface area contributed by atoms with Crippen molar-refractivity contribution in [1.82, 2.24) is 10.6 Å². The van der Waals surface area contributed by atoms with E-state index < -0.39 is 17.7 Å². The number of alkyl carbamates (subject to hydrolysis) is 1. The van der Waals surface area contributed by atoms with Crippen molar-refractivity contribution < 1.29 is 24.2 Å². The normalized spacial score (nSPS) is 12.7. The molecule has 0 aliphatic carbocycles. The molecule has 130 valence electrons. The van der Waals surface area contributed by atoms with E-state index in [2.05, 4.69) is 10.6 Å². The number of carbonyl (C=O) groups is 2. The summed E-state index contributed by atoms with van der Waals surface area (Å²) in [6.07, 6.45) is 1.96. The molecule has 3 N–H and O–H groups in total. The van der Waals surface area contributed by atoms with Gasteiger partial charge in [0, 0.05) is 26.1 Å². The van der Waals surface area contributed by atoms with E-state index >= 15 is 0 Å². The highest BCUT2D eigenvalue weighted by Crippen LogP contribution is 2.06. The van der Waals surface area contributed by atoms with Gasteiger partial charge in [0.1, 0.15) is 5.60 Å². The van der Waals surface area contributed by atoms with Gasteiger partial charge in [-0.2, -0.15) is 0 Å². The molecule has 0 saturated carbocycles. The summed E-state index contributed by atoms with van der Waals surface area (Å²) >= 11 is 0. The average molecular weight is 318 g/mol. The van der Waals surface area contributed by atoms with Crippen LogP contribution < -0.4 is 10.6 Å². The summed E-state index contributed by atoms with van der Waals surface area (Å²) in [6, 6.07) is 0.152. The van der Waals surface area contributed by atoms with Crippen molar-refractivity contribution in [2.24, 2.45) is 0 Å². The molecule has 7 nitrogen and oxygen atoms in total. The van der Waals surface area contributed by atoms with Crippen LogP contribution in [0.2, 0.25) is 0 Å². The van der Waals surface area contributed by atoms with Crippen molar-refractivity contribution in [3.05, 3.63) is 0 Å². The van der Waals surface area contributed by atoms with Gasteiger partial charge in [0.05, 0.1) is 6.61 Å². The van der Waals surface area contributed by atoms with Crippen molar-refractivity contribution in [2.75, 3.05) is 26.8 Å². The SMILES string of the molecule is COCC(CCCNC(=O)OC(C)(C)C)NCCCC(=O)O. The molecule has 22 heavy (non-hydrogen) atoms. The third-order valence-electron chi connectivity index (χ3n) is 2.77. The van der Waals surface area contributed by atoms with Crippen LogP contribution in [0.1, 0.15) is 46.5 Å². The molecule has 1 atom stereocenters. The van der Waals surface area contributed by atoms with Crippen LogP contribution in [-0.2, 0) is 14.3 Å². The molecule has 0 aliphatic heterocycles. The molecule has 0 radical (unpaired) electrons. The summed E-state index contributed by atoms with van der Waals surface area (Å²) in [5.41, 5.74) is -0.492. The molecule has 0 aromatic carbocycles.